The van der Waals surface area contributed by atoms with Gasteiger partial charge in [0.25, 0.3) is 0 Å². The molecule has 1 aromatic carbocycles. The molecule has 1 aliphatic rings. The lowest BCUT2D eigenvalue weighted by molar-refractivity contribution is -0.0152. The molecular formula is C12H14Br2ClNO3S. The van der Waals surface area contributed by atoms with Gasteiger partial charge in [-0.25, -0.2) is 8.42 Å². The normalized spacial score (nSPS) is 24.8. The zero-order valence-corrected chi connectivity index (χ0v) is 15.5. The Bertz CT molecular complexity index is 596. The molecule has 8 heteroatoms. The van der Waals surface area contributed by atoms with Gasteiger partial charge in [0.1, 0.15) is 0 Å². The van der Waals surface area contributed by atoms with Crippen LogP contribution in [0.15, 0.2) is 32.0 Å². The van der Waals surface area contributed by atoms with Crippen LogP contribution in [0.2, 0.25) is 0 Å². The Balaban J connectivity index is 2.40. The second kappa shape index (κ2) is 6.62. The van der Waals surface area contributed by atoms with Gasteiger partial charge in [0, 0.05) is 27.4 Å². The van der Waals surface area contributed by atoms with E-state index in [0.29, 0.717) is 15.6 Å². The molecule has 0 N–H and O–H groups in total. The van der Waals surface area contributed by atoms with Crippen molar-refractivity contribution in [1.29, 1.82) is 0 Å². The van der Waals surface area contributed by atoms with Gasteiger partial charge in [0.05, 0.1) is 17.6 Å². The monoisotopic (exact) mass is 445 g/mol. The second-order valence-corrected chi connectivity index (χ2v) is 8.55. The minimum atomic E-state index is -3.59. The van der Waals surface area contributed by atoms with Gasteiger partial charge in [-0.2, -0.15) is 4.31 Å². The summed E-state index contributed by atoms with van der Waals surface area (Å²) in [5.74, 6) is 0.276. The molecule has 1 heterocycles. The molecule has 0 spiro atoms. The maximum absolute atomic E-state index is 12.8. The number of rotatable bonds is 3. The zero-order chi connectivity index (χ0) is 14.9. The molecule has 1 aliphatic heterocycles. The third kappa shape index (κ3) is 3.39. The van der Waals surface area contributed by atoms with Crippen LogP contribution in [-0.4, -0.2) is 43.9 Å². The first-order valence-corrected chi connectivity index (χ1v) is 9.56. The van der Waals surface area contributed by atoms with Crippen LogP contribution in [-0.2, 0) is 14.8 Å². The van der Waals surface area contributed by atoms with Gasteiger partial charge in [-0.05, 0) is 41.1 Å². The number of sulfonamides is 1. The highest BCUT2D eigenvalue weighted by Gasteiger charge is 2.36. The minimum Gasteiger partial charge on any atom is -0.374 e. The Morgan fingerprint density at radius 1 is 1.45 bits per heavy atom. The van der Waals surface area contributed by atoms with Crippen LogP contribution < -0.4 is 0 Å². The third-order valence-electron chi connectivity index (χ3n) is 3.10. The largest absolute Gasteiger partial charge is 0.374 e. The van der Waals surface area contributed by atoms with Crippen molar-refractivity contribution in [2.45, 2.75) is 24.0 Å². The molecule has 0 radical (unpaired) electrons. The van der Waals surface area contributed by atoms with Crippen LogP contribution in [0.3, 0.4) is 0 Å². The molecule has 1 saturated heterocycles. The van der Waals surface area contributed by atoms with Gasteiger partial charge in [-0.3, -0.25) is 0 Å². The van der Waals surface area contributed by atoms with Crippen molar-refractivity contribution in [2.75, 3.05) is 19.0 Å². The van der Waals surface area contributed by atoms with Crippen LogP contribution in [0.4, 0.5) is 0 Å². The number of ether oxygens (including phenoxy) is 1. The van der Waals surface area contributed by atoms with E-state index in [1.165, 1.54) is 4.31 Å². The van der Waals surface area contributed by atoms with Crippen LogP contribution in [0.1, 0.15) is 6.92 Å². The van der Waals surface area contributed by atoms with E-state index >= 15 is 0 Å². The molecule has 2 atom stereocenters. The van der Waals surface area contributed by atoms with E-state index in [-0.39, 0.29) is 29.5 Å². The average Bonchev–Trinajstić information content (AvgIpc) is 2.41. The number of nitrogens with zero attached hydrogens (tertiary/aromatic N) is 1. The number of hydrogen-bond donors (Lipinski definition) is 0. The van der Waals surface area contributed by atoms with Gasteiger partial charge in [-0.1, -0.05) is 15.9 Å². The minimum absolute atomic E-state index is 0.217. The average molecular weight is 448 g/mol. The van der Waals surface area contributed by atoms with Gasteiger partial charge in [0.15, 0.2) is 0 Å². The summed E-state index contributed by atoms with van der Waals surface area (Å²) in [6.45, 7) is 2.45. The lowest BCUT2D eigenvalue weighted by Gasteiger charge is -2.36. The maximum Gasteiger partial charge on any atom is 0.244 e. The highest BCUT2D eigenvalue weighted by atomic mass is 79.9. The number of hydrogen-bond acceptors (Lipinski definition) is 3. The Morgan fingerprint density at radius 3 is 2.80 bits per heavy atom. The smallest absolute Gasteiger partial charge is 0.244 e. The van der Waals surface area contributed by atoms with E-state index < -0.39 is 10.0 Å². The molecule has 2 unspecified atom stereocenters. The molecule has 0 aliphatic carbocycles. The predicted molar refractivity (Wildman–Crippen MR) is 85.7 cm³/mol. The first kappa shape index (κ1) is 16.7. The van der Waals surface area contributed by atoms with Gasteiger partial charge in [0.2, 0.25) is 10.0 Å². The summed E-state index contributed by atoms with van der Waals surface area (Å²) in [6, 6.07) is 4.87. The molecule has 0 bridgehead atoms. The molecule has 1 fully saturated rings. The fourth-order valence-corrected chi connectivity index (χ4v) is 5.32. The fraction of sp³-hybridized carbons (Fsp3) is 0.500. The Morgan fingerprint density at radius 2 is 2.15 bits per heavy atom. The van der Waals surface area contributed by atoms with Crippen molar-refractivity contribution < 1.29 is 13.2 Å². The van der Waals surface area contributed by atoms with Crippen LogP contribution >= 0.6 is 43.5 Å². The van der Waals surface area contributed by atoms with Crippen LogP contribution in [0.25, 0.3) is 0 Å². The molecule has 2 rings (SSSR count). The van der Waals surface area contributed by atoms with Crippen LogP contribution in [0.5, 0.6) is 0 Å². The topological polar surface area (TPSA) is 46.6 Å². The van der Waals surface area contributed by atoms with Gasteiger partial charge < -0.3 is 4.74 Å². The summed E-state index contributed by atoms with van der Waals surface area (Å²) in [5, 5.41) is 0. The summed E-state index contributed by atoms with van der Waals surface area (Å²) in [6.07, 6.45) is -0.270. The number of morpholine rings is 1. The Hall–Kier alpha value is 0.340. The van der Waals surface area contributed by atoms with Gasteiger partial charge >= 0.3 is 0 Å². The second-order valence-electron chi connectivity index (χ2n) is 4.61. The summed E-state index contributed by atoms with van der Waals surface area (Å²) in [4.78, 5) is 0.244. The summed E-state index contributed by atoms with van der Waals surface area (Å²) < 4.78 is 33.8. The zero-order valence-electron chi connectivity index (χ0n) is 10.7. The third-order valence-corrected chi connectivity index (χ3v) is 6.91. The first-order valence-electron chi connectivity index (χ1n) is 6.00. The molecule has 112 valence electrons. The van der Waals surface area contributed by atoms with Crippen molar-refractivity contribution in [3.63, 3.8) is 0 Å². The molecule has 0 aromatic heterocycles. The standard InChI is InChI=1S/C12H14Br2ClNO3S/c1-8-7-19-10(5-15)6-16(8)20(17,18)12-4-9(13)2-3-11(12)14/h2-4,8,10H,5-7H2,1H3. The molecule has 4 nitrogen and oxygen atoms in total. The summed E-state index contributed by atoms with van der Waals surface area (Å²) in [7, 11) is -3.59. The Kier molecular flexibility index (Phi) is 5.53. The number of alkyl halides is 1. The Labute approximate surface area is 140 Å². The summed E-state index contributed by atoms with van der Waals surface area (Å²) >= 11 is 12.4. The highest BCUT2D eigenvalue weighted by molar-refractivity contribution is 9.11. The number of halogens is 3. The van der Waals surface area contributed by atoms with Crippen molar-refractivity contribution >= 4 is 53.5 Å². The molecule has 0 saturated carbocycles. The molecular weight excluding hydrogens is 433 g/mol. The molecule has 20 heavy (non-hydrogen) atoms. The van der Waals surface area contributed by atoms with Gasteiger partial charge in [-0.15, -0.1) is 11.6 Å². The predicted octanol–water partition coefficient (Wildman–Crippen LogP) is 3.23. The van der Waals surface area contributed by atoms with E-state index in [1.54, 1.807) is 18.2 Å². The van der Waals surface area contributed by atoms with Crippen LogP contribution in [0, 0.1) is 0 Å². The van der Waals surface area contributed by atoms with E-state index in [2.05, 4.69) is 31.9 Å². The van der Waals surface area contributed by atoms with E-state index in [0.717, 1.165) is 0 Å². The maximum atomic E-state index is 12.8. The van der Waals surface area contributed by atoms with E-state index in [4.69, 9.17) is 16.3 Å². The molecule has 1 aromatic rings. The SMILES string of the molecule is CC1COC(CCl)CN1S(=O)(=O)c1cc(Br)ccc1Br. The fourth-order valence-electron chi connectivity index (χ4n) is 2.02. The van der Waals surface area contributed by atoms with Crippen molar-refractivity contribution in [2.24, 2.45) is 0 Å². The lowest BCUT2D eigenvalue weighted by Crippen LogP contribution is -2.51. The number of benzene rings is 1. The quantitative estimate of drug-likeness (QED) is 0.669. The van der Waals surface area contributed by atoms with Crippen molar-refractivity contribution in [3.05, 3.63) is 27.1 Å². The van der Waals surface area contributed by atoms with E-state index in [9.17, 15) is 8.42 Å². The lowest BCUT2D eigenvalue weighted by atomic mass is 10.2. The molecule has 0 amide bonds. The summed E-state index contributed by atoms with van der Waals surface area (Å²) in [5.41, 5.74) is 0. The van der Waals surface area contributed by atoms with Crippen molar-refractivity contribution in [3.8, 4) is 0 Å². The van der Waals surface area contributed by atoms with E-state index in [1.807, 2.05) is 6.92 Å². The first-order chi connectivity index (χ1) is 9.36. The highest BCUT2D eigenvalue weighted by Crippen LogP contribution is 2.30. The van der Waals surface area contributed by atoms with Crippen molar-refractivity contribution in [1.82, 2.24) is 4.31 Å².